The number of rotatable bonds is 9. The van der Waals surface area contributed by atoms with Crippen LogP contribution in [0.25, 0.3) is 11.1 Å². The van der Waals surface area contributed by atoms with E-state index in [0.29, 0.717) is 23.0 Å². The molecule has 0 aliphatic heterocycles. The average molecular weight is 690 g/mol. The Labute approximate surface area is 264 Å². The van der Waals surface area contributed by atoms with Gasteiger partial charge in [0.25, 0.3) is 0 Å². The maximum atomic E-state index is 13.7. The summed E-state index contributed by atoms with van der Waals surface area (Å²) in [6.07, 6.45) is 1.68. The van der Waals surface area contributed by atoms with Crippen molar-refractivity contribution in [3.63, 3.8) is 0 Å². The molecule has 0 atom stereocenters. The van der Waals surface area contributed by atoms with Crippen LogP contribution >= 0.6 is 0 Å². The number of nitrogens with one attached hydrogen (secondary N) is 1. The molecule has 46 heavy (non-hydrogen) atoms. The molecular weight excluding hydrogens is 656 g/mol. The van der Waals surface area contributed by atoms with Gasteiger partial charge >= 0.3 is 31.1 Å². The number of sulfonamides is 2. The fourth-order valence-corrected chi connectivity index (χ4v) is 7.71. The number of benzene rings is 3. The zero-order valence-corrected chi connectivity index (χ0v) is 27.6. The summed E-state index contributed by atoms with van der Waals surface area (Å²) in [5, 5.41) is 3.14. The number of anilines is 2. The Bertz CT molecular complexity index is 1850. The van der Waals surface area contributed by atoms with Crippen molar-refractivity contribution in [2.24, 2.45) is 4.99 Å². The summed E-state index contributed by atoms with van der Waals surface area (Å²) in [7, 11) is -14.2. The Hall–Kier alpha value is -3.85. The van der Waals surface area contributed by atoms with E-state index in [2.05, 4.69) is 5.32 Å². The first-order chi connectivity index (χ1) is 21.0. The summed E-state index contributed by atoms with van der Waals surface area (Å²) in [6.45, 7) is 12.8. The minimum absolute atomic E-state index is 0.0471. The van der Waals surface area contributed by atoms with Gasteiger partial charge in [0.05, 0.1) is 11.4 Å². The third-order valence-electron chi connectivity index (χ3n) is 6.80. The van der Waals surface area contributed by atoms with E-state index in [9.17, 15) is 43.2 Å². The molecule has 0 aliphatic carbocycles. The lowest BCUT2D eigenvalue weighted by molar-refractivity contribution is -0.0462. The molecule has 0 fully saturated rings. The summed E-state index contributed by atoms with van der Waals surface area (Å²) in [5.41, 5.74) is -9.14. The van der Waals surface area contributed by atoms with Crippen LogP contribution in [0, 0.1) is 20.8 Å². The quantitative estimate of drug-likeness (QED) is 0.179. The van der Waals surface area contributed by atoms with Gasteiger partial charge in [0, 0.05) is 28.2 Å². The molecule has 0 amide bonds. The largest absolute Gasteiger partial charge is 0.517 e. The number of nitrogens with zero attached hydrogens (tertiary/aromatic N) is 2. The minimum Gasteiger partial charge on any atom is -0.358 e. The zero-order valence-electron chi connectivity index (χ0n) is 26.0. The van der Waals surface area contributed by atoms with Crippen molar-refractivity contribution in [3.8, 4) is 11.1 Å². The summed E-state index contributed by atoms with van der Waals surface area (Å²) < 4.78 is 131. The summed E-state index contributed by atoms with van der Waals surface area (Å²) >= 11 is 0. The number of para-hydroxylation sites is 2. The van der Waals surface area contributed by atoms with Crippen LogP contribution in [0.2, 0.25) is 0 Å². The molecule has 0 spiro atoms. The number of halogens is 6. The molecule has 15 heteroatoms. The van der Waals surface area contributed by atoms with Crippen molar-refractivity contribution >= 4 is 42.8 Å². The maximum absolute atomic E-state index is 13.7. The topological polar surface area (TPSA) is 95.9 Å². The highest BCUT2D eigenvalue weighted by Gasteiger charge is 2.62. The molecule has 0 aromatic heterocycles. The van der Waals surface area contributed by atoms with Crippen molar-refractivity contribution in [2.45, 2.75) is 65.4 Å². The summed E-state index contributed by atoms with van der Waals surface area (Å²) in [5.74, 6) is -0.246. The van der Waals surface area contributed by atoms with Gasteiger partial charge in [0.2, 0.25) is 0 Å². The van der Waals surface area contributed by atoms with E-state index in [0.717, 1.165) is 34.5 Å². The van der Waals surface area contributed by atoms with Gasteiger partial charge in [-0.25, -0.2) is 0 Å². The molecular formula is C31H33F6N3O4S2. The van der Waals surface area contributed by atoms with Crippen molar-refractivity contribution in [1.29, 1.82) is 0 Å². The van der Waals surface area contributed by atoms with Crippen molar-refractivity contribution in [3.05, 3.63) is 88.6 Å². The van der Waals surface area contributed by atoms with Crippen molar-refractivity contribution in [2.75, 3.05) is 9.03 Å². The first-order valence-electron chi connectivity index (χ1n) is 13.7. The third kappa shape index (κ3) is 7.41. The van der Waals surface area contributed by atoms with Gasteiger partial charge < -0.3 is 5.32 Å². The molecule has 3 aromatic carbocycles. The van der Waals surface area contributed by atoms with E-state index in [1.807, 2.05) is 32.9 Å². The molecule has 0 bridgehead atoms. The number of aliphatic imine (C=N–C) groups is 1. The molecule has 7 nitrogen and oxygen atoms in total. The highest BCUT2D eigenvalue weighted by molar-refractivity contribution is 8.11. The number of hydrogen-bond acceptors (Lipinski definition) is 6. The van der Waals surface area contributed by atoms with Gasteiger partial charge in [0.15, 0.2) is 0 Å². The lowest BCUT2D eigenvalue weighted by Crippen LogP contribution is -2.49. The summed E-state index contributed by atoms with van der Waals surface area (Å²) in [6, 6.07) is 12.2. The molecule has 0 saturated heterocycles. The Morgan fingerprint density at radius 1 is 0.804 bits per heavy atom. The van der Waals surface area contributed by atoms with Crippen molar-refractivity contribution < 1.29 is 43.2 Å². The van der Waals surface area contributed by atoms with Gasteiger partial charge in [-0.1, -0.05) is 67.9 Å². The van der Waals surface area contributed by atoms with Crippen LogP contribution in [-0.2, 0) is 20.0 Å². The van der Waals surface area contributed by atoms with E-state index in [4.69, 9.17) is 4.99 Å². The number of allylic oxidation sites excluding steroid dienone is 2. The molecule has 250 valence electrons. The fraction of sp³-hybridized carbons (Fsp3) is 0.323. The Kier molecular flexibility index (Phi) is 10.4. The predicted molar refractivity (Wildman–Crippen MR) is 169 cm³/mol. The standard InChI is InChI=1S/C31H33F6N3O4S2/c1-18(2)24-12-10-13-26(29(24)39-23(7)17-22(6)38-28-20(4)15-19(3)16-21(28)5)25-11-8-9-14-27(25)40(45(41,42)30(32,33)34)46(43,44)31(35,36)37/h8-18,39H,1-7H3/b23-17+,38-22?. The normalized spacial score (nSPS) is 13.7. The molecule has 0 unspecified atom stereocenters. The van der Waals surface area contributed by atoms with Gasteiger partial charge in [-0.2, -0.15) is 43.2 Å². The summed E-state index contributed by atoms with van der Waals surface area (Å²) in [4.78, 5) is 4.70. The van der Waals surface area contributed by atoms with Crippen LogP contribution < -0.4 is 9.03 Å². The number of aryl methyl sites for hydroxylation is 3. The van der Waals surface area contributed by atoms with E-state index in [-0.39, 0.29) is 17.2 Å². The van der Waals surface area contributed by atoms with Gasteiger partial charge in [-0.15, -0.1) is 3.71 Å². The van der Waals surface area contributed by atoms with Crippen LogP contribution in [0.3, 0.4) is 0 Å². The number of hydrogen-bond donors (Lipinski definition) is 1. The first kappa shape index (κ1) is 36.6. The Morgan fingerprint density at radius 3 is 1.80 bits per heavy atom. The fourth-order valence-electron chi connectivity index (χ4n) is 4.96. The molecule has 0 saturated carbocycles. The zero-order chi connectivity index (χ0) is 35.0. The molecule has 0 heterocycles. The Morgan fingerprint density at radius 2 is 1.30 bits per heavy atom. The van der Waals surface area contributed by atoms with E-state index < -0.39 is 46.0 Å². The van der Waals surface area contributed by atoms with Gasteiger partial charge in [-0.05, 0) is 69.4 Å². The maximum Gasteiger partial charge on any atom is 0.517 e. The van der Waals surface area contributed by atoms with Crippen LogP contribution in [0.5, 0.6) is 0 Å². The average Bonchev–Trinajstić information content (AvgIpc) is 2.89. The van der Waals surface area contributed by atoms with E-state index in [1.54, 1.807) is 39.8 Å². The van der Waals surface area contributed by atoms with E-state index in [1.165, 1.54) is 18.2 Å². The lowest BCUT2D eigenvalue weighted by Gasteiger charge is -2.28. The van der Waals surface area contributed by atoms with E-state index >= 15 is 0 Å². The second-order valence-corrected chi connectivity index (χ2v) is 14.8. The first-order valence-corrected chi connectivity index (χ1v) is 16.6. The smallest absolute Gasteiger partial charge is 0.358 e. The minimum atomic E-state index is -7.10. The van der Waals surface area contributed by atoms with Gasteiger partial charge in [0.1, 0.15) is 0 Å². The highest BCUT2D eigenvalue weighted by atomic mass is 32.3. The van der Waals surface area contributed by atoms with Crippen molar-refractivity contribution in [1.82, 2.24) is 0 Å². The SMILES string of the molecule is CC(/C=C(\C)Nc1c(-c2ccccc2N(S(=O)(=O)C(F)(F)F)S(=O)(=O)C(F)(F)F)cccc1C(C)C)=Nc1c(C)cc(C)cc1C. The third-order valence-corrected chi connectivity index (χ3v) is 10.4. The second-order valence-electron chi connectivity index (χ2n) is 11.0. The lowest BCUT2D eigenvalue weighted by atomic mass is 9.93. The van der Waals surface area contributed by atoms with Crippen LogP contribution in [-0.4, -0.2) is 33.6 Å². The van der Waals surface area contributed by atoms with Crippen LogP contribution in [0.1, 0.15) is 55.9 Å². The van der Waals surface area contributed by atoms with Crippen LogP contribution in [0.15, 0.2) is 71.4 Å². The van der Waals surface area contributed by atoms with Crippen LogP contribution in [0.4, 0.5) is 43.4 Å². The Balaban J connectivity index is 2.30. The molecule has 3 rings (SSSR count). The second kappa shape index (κ2) is 13.1. The monoisotopic (exact) mass is 689 g/mol. The molecule has 0 aliphatic rings. The predicted octanol–water partition coefficient (Wildman–Crippen LogP) is 9.02. The van der Waals surface area contributed by atoms with Gasteiger partial charge in [-0.3, -0.25) is 4.99 Å². The number of alkyl halides is 6. The highest BCUT2D eigenvalue weighted by Crippen LogP contribution is 2.45. The molecule has 0 radical (unpaired) electrons. The molecule has 3 aromatic rings. The molecule has 1 N–H and O–H groups in total.